The number of ether oxygens (including phenoxy) is 1. The molecule has 1 aliphatic rings. The first-order valence-electron chi connectivity index (χ1n) is 6.57. The number of halogens is 3. The van der Waals surface area contributed by atoms with E-state index in [4.69, 9.17) is 0 Å². The zero-order valence-electron chi connectivity index (χ0n) is 11.2. The van der Waals surface area contributed by atoms with Gasteiger partial charge in [-0.1, -0.05) is 0 Å². The zero-order chi connectivity index (χ0) is 15.3. The van der Waals surface area contributed by atoms with E-state index in [1.54, 1.807) is 6.07 Å². The van der Waals surface area contributed by atoms with Crippen LogP contribution in [0.5, 0.6) is 5.88 Å². The van der Waals surface area contributed by atoms with Crippen molar-refractivity contribution in [1.82, 2.24) is 15.6 Å². The van der Waals surface area contributed by atoms with Gasteiger partial charge in [0.05, 0.1) is 6.54 Å². The predicted molar refractivity (Wildman–Crippen MR) is 68.8 cm³/mol. The maximum atomic E-state index is 13.7. The Morgan fingerprint density at radius 2 is 2.19 bits per heavy atom. The SMILES string of the molecule is O=C(NCc1ccnc(OC(F)F)c1)NCC1(F)CCC1. The fourth-order valence-corrected chi connectivity index (χ4v) is 1.94. The molecule has 8 heteroatoms. The van der Waals surface area contributed by atoms with Crippen LogP contribution >= 0.6 is 0 Å². The smallest absolute Gasteiger partial charge is 0.388 e. The molecule has 1 heterocycles. The summed E-state index contributed by atoms with van der Waals surface area (Å²) in [6.07, 6.45) is 3.07. The van der Waals surface area contributed by atoms with Crippen LogP contribution in [-0.4, -0.2) is 29.8 Å². The molecule has 5 nitrogen and oxygen atoms in total. The molecular formula is C13H16F3N3O2. The van der Waals surface area contributed by atoms with E-state index in [2.05, 4.69) is 20.4 Å². The number of amides is 2. The molecule has 0 aromatic carbocycles. The first kappa shape index (κ1) is 15.4. The molecule has 1 fully saturated rings. The summed E-state index contributed by atoms with van der Waals surface area (Å²) in [5, 5.41) is 4.96. The van der Waals surface area contributed by atoms with Gasteiger partial charge in [-0.3, -0.25) is 0 Å². The monoisotopic (exact) mass is 303 g/mol. The summed E-state index contributed by atoms with van der Waals surface area (Å²) in [7, 11) is 0. The van der Waals surface area contributed by atoms with Crippen LogP contribution in [0.15, 0.2) is 18.3 Å². The number of carbonyl (C=O) groups is 1. The standard InChI is InChI=1S/C13H16F3N3O2/c14-11(15)21-10-6-9(2-5-17-10)7-18-12(20)19-8-13(16)3-1-4-13/h2,5-6,11H,1,3-4,7-8H2,(H2,18,19,20). The number of alkyl halides is 3. The number of carbonyl (C=O) groups excluding carboxylic acids is 1. The molecule has 21 heavy (non-hydrogen) atoms. The number of hydrogen-bond donors (Lipinski definition) is 2. The Kier molecular flexibility index (Phi) is 4.87. The second-order valence-electron chi connectivity index (χ2n) is 4.92. The van der Waals surface area contributed by atoms with Crippen LogP contribution in [0, 0.1) is 0 Å². The van der Waals surface area contributed by atoms with E-state index in [0.717, 1.165) is 6.42 Å². The maximum absolute atomic E-state index is 13.7. The van der Waals surface area contributed by atoms with Gasteiger partial charge in [0.15, 0.2) is 0 Å². The molecule has 0 radical (unpaired) electrons. The number of aromatic nitrogens is 1. The van der Waals surface area contributed by atoms with Crippen molar-refractivity contribution in [3.8, 4) is 5.88 Å². The third-order valence-electron chi connectivity index (χ3n) is 3.28. The largest absolute Gasteiger partial charge is 0.417 e. The quantitative estimate of drug-likeness (QED) is 0.848. The molecule has 0 atom stereocenters. The summed E-state index contributed by atoms with van der Waals surface area (Å²) in [6, 6.07) is 2.35. The van der Waals surface area contributed by atoms with Crippen LogP contribution < -0.4 is 15.4 Å². The van der Waals surface area contributed by atoms with Crippen LogP contribution in [-0.2, 0) is 6.54 Å². The molecule has 2 rings (SSSR count). The Bertz CT molecular complexity index is 495. The van der Waals surface area contributed by atoms with Crippen molar-refractivity contribution < 1.29 is 22.7 Å². The molecule has 116 valence electrons. The summed E-state index contributed by atoms with van der Waals surface area (Å²) in [6.45, 7) is -2.87. The number of pyridine rings is 1. The van der Waals surface area contributed by atoms with Gasteiger partial charge in [-0.25, -0.2) is 14.2 Å². The van der Waals surface area contributed by atoms with Gasteiger partial charge in [-0.2, -0.15) is 8.78 Å². The van der Waals surface area contributed by atoms with E-state index < -0.39 is 18.3 Å². The van der Waals surface area contributed by atoms with Gasteiger partial charge in [-0.15, -0.1) is 0 Å². The van der Waals surface area contributed by atoms with Crippen molar-refractivity contribution in [2.45, 2.75) is 38.1 Å². The van der Waals surface area contributed by atoms with Crippen molar-refractivity contribution >= 4 is 6.03 Å². The highest BCUT2D eigenvalue weighted by Crippen LogP contribution is 2.34. The second kappa shape index (κ2) is 6.64. The molecule has 0 bridgehead atoms. The summed E-state index contributed by atoms with van der Waals surface area (Å²) >= 11 is 0. The number of urea groups is 1. The number of rotatable bonds is 6. The molecule has 0 unspecified atom stereocenters. The van der Waals surface area contributed by atoms with E-state index in [-0.39, 0.29) is 19.0 Å². The van der Waals surface area contributed by atoms with E-state index >= 15 is 0 Å². The van der Waals surface area contributed by atoms with E-state index in [1.807, 2.05) is 0 Å². The Hall–Kier alpha value is -1.99. The van der Waals surface area contributed by atoms with Crippen LogP contribution in [0.3, 0.4) is 0 Å². The third-order valence-corrected chi connectivity index (χ3v) is 3.28. The highest BCUT2D eigenvalue weighted by atomic mass is 19.3. The topological polar surface area (TPSA) is 63.2 Å². The third kappa shape index (κ3) is 4.80. The van der Waals surface area contributed by atoms with Crippen molar-refractivity contribution in [2.24, 2.45) is 0 Å². The highest BCUT2D eigenvalue weighted by molar-refractivity contribution is 5.73. The summed E-state index contributed by atoms with van der Waals surface area (Å²) in [4.78, 5) is 15.1. The highest BCUT2D eigenvalue weighted by Gasteiger charge is 2.37. The second-order valence-corrected chi connectivity index (χ2v) is 4.92. The Labute approximate surface area is 119 Å². The van der Waals surface area contributed by atoms with Crippen molar-refractivity contribution in [3.05, 3.63) is 23.9 Å². The lowest BCUT2D eigenvalue weighted by Crippen LogP contribution is -2.47. The number of nitrogens with zero attached hydrogens (tertiary/aromatic N) is 1. The summed E-state index contributed by atoms with van der Waals surface area (Å²) in [5.41, 5.74) is -0.735. The summed E-state index contributed by atoms with van der Waals surface area (Å²) < 4.78 is 41.9. The van der Waals surface area contributed by atoms with Gasteiger partial charge >= 0.3 is 12.6 Å². The van der Waals surface area contributed by atoms with Gasteiger partial charge in [0.1, 0.15) is 5.67 Å². The molecule has 0 saturated heterocycles. The van der Waals surface area contributed by atoms with Crippen LogP contribution in [0.2, 0.25) is 0 Å². The molecule has 2 N–H and O–H groups in total. The van der Waals surface area contributed by atoms with Crippen LogP contribution in [0.4, 0.5) is 18.0 Å². The van der Waals surface area contributed by atoms with Gasteiger partial charge in [-0.05, 0) is 30.9 Å². The fraction of sp³-hybridized carbons (Fsp3) is 0.538. The Morgan fingerprint density at radius 3 is 2.81 bits per heavy atom. The van der Waals surface area contributed by atoms with Crippen LogP contribution in [0.25, 0.3) is 0 Å². The Balaban J connectivity index is 1.75. The first-order chi connectivity index (χ1) is 9.97. The van der Waals surface area contributed by atoms with Gasteiger partial charge < -0.3 is 15.4 Å². The molecule has 2 amide bonds. The van der Waals surface area contributed by atoms with Gasteiger partial charge in [0.2, 0.25) is 5.88 Å². The Morgan fingerprint density at radius 1 is 1.43 bits per heavy atom. The van der Waals surface area contributed by atoms with E-state index in [1.165, 1.54) is 12.3 Å². The molecule has 0 aliphatic heterocycles. The van der Waals surface area contributed by atoms with Crippen molar-refractivity contribution in [3.63, 3.8) is 0 Å². The van der Waals surface area contributed by atoms with Crippen LogP contribution in [0.1, 0.15) is 24.8 Å². The van der Waals surface area contributed by atoms with Gasteiger partial charge in [0.25, 0.3) is 0 Å². The minimum absolute atomic E-state index is 0.0189. The lowest BCUT2D eigenvalue weighted by atomic mass is 9.82. The van der Waals surface area contributed by atoms with Crippen molar-refractivity contribution in [2.75, 3.05) is 6.54 Å². The number of hydrogen-bond acceptors (Lipinski definition) is 3. The lowest BCUT2D eigenvalue weighted by Gasteiger charge is -2.33. The average molecular weight is 303 g/mol. The molecule has 1 aromatic heterocycles. The zero-order valence-corrected chi connectivity index (χ0v) is 11.2. The minimum Gasteiger partial charge on any atom is -0.417 e. The summed E-state index contributed by atoms with van der Waals surface area (Å²) in [5.74, 6) is -0.220. The number of nitrogens with one attached hydrogen (secondary N) is 2. The van der Waals surface area contributed by atoms with Gasteiger partial charge in [0, 0.05) is 18.8 Å². The minimum atomic E-state index is -2.95. The maximum Gasteiger partial charge on any atom is 0.388 e. The molecule has 1 aromatic rings. The lowest BCUT2D eigenvalue weighted by molar-refractivity contribution is -0.0529. The molecule has 1 aliphatic carbocycles. The van der Waals surface area contributed by atoms with Crippen molar-refractivity contribution in [1.29, 1.82) is 0 Å². The predicted octanol–water partition coefficient (Wildman–Crippen LogP) is 2.37. The average Bonchev–Trinajstić information content (AvgIpc) is 2.40. The van der Waals surface area contributed by atoms with E-state index in [0.29, 0.717) is 18.4 Å². The fourth-order valence-electron chi connectivity index (χ4n) is 1.94. The first-order valence-corrected chi connectivity index (χ1v) is 6.57. The molecule has 1 saturated carbocycles. The normalized spacial score (nSPS) is 16.2. The molecule has 0 spiro atoms. The van der Waals surface area contributed by atoms with E-state index in [9.17, 15) is 18.0 Å². The molecular weight excluding hydrogens is 287 g/mol.